The van der Waals surface area contributed by atoms with Gasteiger partial charge in [0.25, 0.3) is 5.91 Å². The van der Waals surface area contributed by atoms with Crippen LogP contribution in [0, 0.1) is 0 Å². The van der Waals surface area contributed by atoms with E-state index >= 15 is 0 Å². The van der Waals surface area contributed by atoms with Crippen LogP contribution in [0.1, 0.15) is 41.8 Å². The lowest BCUT2D eigenvalue weighted by molar-refractivity contribution is 0.0939. The molecule has 0 fully saturated rings. The molecule has 1 N–H and O–H groups in total. The van der Waals surface area contributed by atoms with Gasteiger partial charge in [-0.3, -0.25) is 9.78 Å². The molecule has 2 aromatic heterocycles. The summed E-state index contributed by atoms with van der Waals surface area (Å²) in [7, 11) is 1.67. The zero-order chi connectivity index (χ0) is 23.2. The molecule has 1 unspecified atom stereocenters. The van der Waals surface area contributed by atoms with Crippen LogP contribution in [0.5, 0.6) is 5.75 Å². The van der Waals surface area contributed by atoms with Crippen LogP contribution in [0.15, 0.2) is 72.1 Å². The van der Waals surface area contributed by atoms with Crippen LogP contribution in [0.25, 0.3) is 11.0 Å². The van der Waals surface area contributed by atoms with E-state index in [2.05, 4.69) is 33.9 Å². The first-order valence-corrected chi connectivity index (χ1v) is 12.0. The lowest BCUT2D eigenvalue weighted by Gasteiger charge is -2.12. The van der Waals surface area contributed by atoms with Gasteiger partial charge in [-0.25, -0.2) is 4.98 Å². The summed E-state index contributed by atoms with van der Waals surface area (Å²) in [5.41, 5.74) is 4.92. The number of ether oxygens (including phenoxy) is 1. The number of imidazole rings is 1. The van der Waals surface area contributed by atoms with Crippen LogP contribution < -0.4 is 10.1 Å². The van der Waals surface area contributed by atoms with Crippen molar-refractivity contribution in [2.45, 2.75) is 43.8 Å². The van der Waals surface area contributed by atoms with Gasteiger partial charge in [-0.15, -0.1) is 0 Å². The van der Waals surface area contributed by atoms with E-state index in [1.807, 2.05) is 55.6 Å². The molecule has 1 atom stereocenters. The second-order valence-corrected chi connectivity index (χ2v) is 8.90. The Bertz CT molecular complexity index is 1220. The van der Waals surface area contributed by atoms with Gasteiger partial charge in [0.05, 0.1) is 30.9 Å². The van der Waals surface area contributed by atoms with Crippen LogP contribution in [0.4, 0.5) is 0 Å². The number of nitrogens with zero attached hydrogens (tertiary/aromatic N) is 3. The molecule has 1 amide bonds. The predicted molar refractivity (Wildman–Crippen MR) is 133 cm³/mol. The lowest BCUT2D eigenvalue weighted by Crippen LogP contribution is -2.31. The van der Waals surface area contributed by atoms with Gasteiger partial charge < -0.3 is 14.6 Å². The van der Waals surface area contributed by atoms with Crippen molar-refractivity contribution < 1.29 is 9.53 Å². The second-order valence-electron chi connectivity index (χ2n) is 7.96. The molecule has 0 aliphatic rings. The van der Waals surface area contributed by atoms with Crippen LogP contribution in [0.2, 0.25) is 0 Å². The van der Waals surface area contributed by atoms with E-state index in [1.54, 1.807) is 25.1 Å². The molecule has 6 nitrogen and oxygen atoms in total. The van der Waals surface area contributed by atoms with Crippen molar-refractivity contribution in [2.24, 2.45) is 0 Å². The Morgan fingerprint density at radius 1 is 1.09 bits per heavy atom. The number of hydrogen-bond donors (Lipinski definition) is 1. The third-order valence-electron chi connectivity index (χ3n) is 5.59. The first kappa shape index (κ1) is 22.9. The summed E-state index contributed by atoms with van der Waals surface area (Å²) in [6.07, 6.45) is 4.54. The van der Waals surface area contributed by atoms with Crippen LogP contribution in [-0.4, -0.2) is 33.6 Å². The Hall–Kier alpha value is -3.32. The minimum Gasteiger partial charge on any atom is -0.497 e. The normalized spacial score (nSPS) is 12.0. The first-order valence-electron chi connectivity index (χ1n) is 11.0. The summed E-state index contributed by atoms with van der Waals surface area (Å²) in [4.78, 5) is 21.5. The van der Waals surface area contributed by atoms with Gasteiger partial charge >= 0.3 is 0 Å². The van der Waals surface area contributed by atoms with E-state index in [9.17, 15) is 4.79 Å². The molecule has 170 valence electrons. The van der Waals surface area contributed by atoms with Gasteiger partial charge in [0, 0.05) is 23.6 Å². The van der Waals surface area contributed by atoms with Gasteiger partial charge in [-0.2, -0.15) is 0 Å². The van der Waals surface area contributed by atoms with Crippen molar-refractivity contribution in [1.29, 1.82) is 0 Å². The van der Waals surface area contributed by atoms with Crippen LogP contribution in [0.3, 0.4) is 0 Å². The predicted octanol–water partition coefficient (Wildman–Crippen LogP) is 5.31. The van der Waals surface area contributed by atoms with E-state index in [0.717, 1.165) is 45.2 Å². The number of methoxy groups -OCH3 is 1. The molecule has 0 saturated heterocycles. The molecule has 0 bridgehead atoms. The van der Waals surface area contributed by atoms with Crippen molar-refractivity contribution in [3.05, 3.63) is 83.7 Å². The summed E-state index contributed by atoms with van der Waals surface area (Å²) < 4.78 is 7.47. The third-order valence-corrected chi connectivity index (χ3v) is 6.64. The quantitative estimate of drug-likeness (QED) is 0.343. The number of rotatable bonds is 9. The molecule has 33 heavy (non-hydrogen) atoms. The fraction of sp³-hybridized carbons (Fsp3) is 0.269. The van der Waals surface area contributed by atoms with E-state index in [4.69, 9.17) is 9.72 Å². The first-order chi connectivity index (χ1) is 16.1. The molecule has 4 aromatic rings. The number of carbonyl (C=O) groups is 1. The highest BCUT2D eigenvalue weighted by molar-refractivity contribution is 7.98. The summed E-state index contributed by atoms with van der Waals surface area (Å²) >= 11 is 1.68. The molecule has 4 rings (SSSR count). The molecule has 0 saturated carbocycles. The average Bonchev–Trinajstić information content (AvgIpc) is 3.20. The molecule has 0 spiro atoms. The largest absolute Gasteiger partial charge is 0.497 e. The highest BCUT2D eigenvalue weighted by Gasteiger charge is 2.13. The molecule has 2 aromatic carbocycles. The number of thioether (sulfide) groups is 1. The molecule has 0 aliphatic heterocycles. The van der Waals surface area contributed by atoms with Gasteiger partial charge in [-0.05, 0) is 54.8 Å². The standard InChI is InChI=1S/C26H28N4O2S/c1-4-18(2)28-25(31)21-9-5-20(6-10-21)17-33-26-29-23-13-14-27-15-24(23)30(26)16-19-7-11-22(32-3)12-8-19/h5-15,18H,4,16-17H2,1-3H3,(H,28,31). The lowest BCUT2D eigenvalue weighted by atomic mass is 10.1. The maximum absolute atomic E-state index is 12.3. The Kier molecular flexibility index (Phi) is 7.29. The maximum Gasteiger partial charge on any atom is 0.251 e. The Morgan fingerprint density at radius 2 is 1.82 bits per heavy atom. The van der Waals surface area contributed by atoms with E-state index in [-0.39, 0.29) is 11.9 Å². The minimum atomic E-state index is -0.0302. The molecule has 7 heteroatoms. The number of fused-ring (bicyclic) bond motifs is 1. The summed E-state index contributed by atoms with van der Waals surface area (Å²) in [6, 6.07) is 18.0. The zero-order valence-electron chi connectivity index (χ0n) is 19.1. The summed E-state index contributed by atoms with van der Waals surface area (Å²) in [5.74, 6) is 1.57. The number of benzene rings is 2. The molecular formula is C26H28N4O2S. The topological polar surface area (TPSA) is 69.0 Å². The van der Waals surface area contributed by atoms with E-state index in [0.29, 0.717) is 12.1 Å². The molecule has 2 heterocycles. The van der Waals surface area contributed by atoms with Crippen LogP contribution >= 0.6 is 11.8 Å². The smallest absolute Gasteiger partial charge is 0.251 e. The fourth-order valence-corrected chi connectivity index (χ4v) is 4.40. The van der Waals surface area contributed by atoms with E-state index in [1.165, 1.54) is 0 Å². The summed E-state index contributed by atoms with van der Waals surface area (Å²) in [5, 5.41) is 3.94. The maximum atomic E-state index is 12.3. The van der Waals surface area contributed by atoms with Gasteiger partial charge in [0.15, 0.2) is 5.16 Å². The van der Waals surface area contributed by atoms with Crippen LogP contribution in [-0.2, 0) is 12.3 Å². The zero-order valence-corrected chi connectivity index (χ0v) is 19.9. The van der Waals surface area contributed by atoms with Crippen molar-refractivity contribution >= 4 is 28.7 Å². The second kappa shape index (κ2) is 10.5. The fourth-order valence-electron chi connectivity index (χ4n) is 3.43. The number of carbonyl (C=O) groups excluding carboxylic acids is 1. The van der Waals surface area contributed by atoms with Gasteiger partial charge in [0.2, 0.25) is 0 Å². The highest BCUT2D eigenvalue weighted by atomic mass is 32.2. The van der Waals surface area contributed by atoms with Crippen molar-refractivity contribution in [2.75, 3.05) is 7.11 Å². The number of amides is 1. The van der Waals surface area contributed by atoms with Gasteiger partial charge in [-0.1, -0.05) is 43.0 Å². The molecule has 0 aliphatic carbocycles. The number of hydrogen-bond acceptors (Lipinski definition) is 5. The number of nitrogens with one attached hydrogen (secondary N) is 1. The van der Waals surface area contributed by atoms with E-state index < -0.39 is 0 Å². The monoisotopic (exact) mass is 460 g/mol. The highest BCUT2D eigenvalue weighted by Crippen LogP contribution is 2.28. The average molecular weight is 461 g/mol. The molecule has 0 radical (unpaired) electrons. The third kappa shape index (κ3) is 5.54. The van der Waals surface area contributed by atoms with Crippen molar-refractivity contribution in [1.82, 2.24) is 19.9 Å². The van der Waals surface area contributed by atoms with Crippen molar-refractivity contribution in [3.63, 3.8) is 0 Å². The number of aromatic nitrogens is 3. The Labute approximate surface area is 198 Å². The molecular weight excluding hydrogens is 432 g/mol. The van der Waals surface area contributed by atoms with Crippen molar-refractivity contribution in [3.8, 4) is 5.75 Å². The SMILES string of the molecule is CCC(C)NC(=O)c1ccc(CSc2nc3ccncc3n2Cc2ccc(OC)cc2)cc1. The Balaban J connectivity index is 1.50. The van der Waals surface area contributed by atoms with Gasteiger partial charge in [0.1, 0.15) is 5.75 Å². The summed E-state index contributed by atoms with van der Waals surface area (Å²) in [6.45, 7) is 4.77. The Morgan fingerprint density at radius 3 is 2.52 bits per heavy atom. The number of pyridine rings is 1. The minimum absolute atomic E-state index is 0.0302.